The second kappa shape index (κ2) is 10.8. The number of amides is 1. The van der Waals surface area contributed by atoms with Crippen molar-refractivity contribution in [2.24, 2.45) is 0 Å². The Morgan fingerprint density at radius 2 is 1.91 bits per heavy atom. The zero-order chi connectivity index (χ0) is 24.1. The monoisotopic (exact) mass is 493 g/mol. The molecule has 0 aliphatic rings. The highest BCUT2D eigenvalue weighted by atomic mass is 32.2. The van der Waals surface area contributed by atoms with Gasteiger partial charge in [0.2, 0.25) is 5.91 Å². The summed E-state index contributed by atoms with van der Waals surface area (Å²) in [6.45, 7) is 9.19. The summed E-state index contributed by atoms with van der Waals surface area (Å²) in [5.74, 6) is 1.66. The smallest absolute Gasteiger partial charge is 0.236 e. The lowest BCUT2D eigenvalue weighted by molar-refractivity contribution is -0.113. The first-order valence-corrected chi connectivity index (χ1v) is 12.9. The molecule has 0 aliphatic heterocycles. The molecule has 0 saturated heterocycles. The minimum Gasteiger partial charge on any atom is -0.485 e. The van der Waals surface area contributed by atoms with Crippen LogP contribution in [0.1, 0.15) is 29.4 Å². The topological polar surface area (TPSA) is 81.9 Å². The van der Waals surface area contributed by atoms with Crippen LogP contribution in [0.2, 0.25) is 0 Å². The van der Waals surface area contributed by atoms with Crippen LogP contribution in [0, 0.1) is 20.8 Å². The van der Waals surface area contributed by atoms with E-state index < -0.39 is 0 Å². The van der Waals surface area contributed by atoms with Crippen molar-refractivity contribution in [3.63, 3.8) is 0 Å². The summed E-state index contributed by atoms with van der Waals surface area (Å²) in [5.41, 5.74) is 5.38. The number of thioether (sulfide) groups is 1. The lowest BCUT2D eigenvalue weighted by Crippen LogP contribution is -2.14. The molecule has 0 bridgehead atoms. The number of thiazole rings is 1. The van der Waals surface area contributed by atoms with Gasteiger partial charge < -0.3 is 14.6 Å². The van der Waals surface area contributed by atoms with Crippen molar-refractivity contribution in [3.05, 3.63) is 70.4 Å². The van der Waals surface area contributed by atoms with Gasteiger partial charge in [0.25, 0.3) is 0 Å². The van der Waals surface area contributed by atoms with Crippen LogP contribution < -0.4 is 10.1 Å². The number of nitrogens with zero attached hydrogens (tertiary/aromatic N) is 4. The lowest BCUT2D eigenvalue weighted by Gasteiger charge is -2.11. The third-order valence-corrected chi connectivity index (χ3v) is 7.18. The number of aryl methyl sites for hydroxylation is 2. The molecule has 2 aromatic carbocycles. The maximum Gasteiger partial charge on any atom is 0.236 e. The van der Waals surface area contributed by atoms with Crippen LogP contribution in [-0.4, -0.2) is 31.4 Å². The van der Waals surface area contributed by atoms with E-state index in [1.807, 2.05) is 48.1 Å². The van der Waals surface area contributed by atoms with Crippen molar-refractivity contribution in [2.45, 2.75) is 46.0 Å². The van der Waals surface area contributed by atoms with Crippen molar-refractivity contribution in [1.29, 1.82) is 0 Å². The van der Waals surface area contributed by atoms with E-state index in [0.717, 1.165) is 28.4 Å². The number of anilines is 1. The van der Waals surface area contributed by atoms with Gasteiger partial charge >= 0.3 is 0 Å². The molecule has 0 fully saturated rings. The third-order valence-electron chi connectivity index (χ3n) is 5.45. The highest BCUT2D eigenvalue weighted by Crippen LogP contribution is 2.26. The van der Waals surface area contributed by atoms with Crippen LogP contribution in [0.5, 0.6) is 5.75 Å². The first kappa shape index (κ1) is 24.0. The lowest BCUT2D eigenvalue weighted by atomic mass is 10.1. The average molecular weight is 494 g/mol. The highest BCUT2D eigenvalue weighted by molar-refractivity contribution is 7.99. The SMILES string of the molecule is CCn1c(COc2cccc(C)c2C)nnc1SCC(=O)Nc1nc(-c2ccc(C)cc2)cs1. The predicted molar refractivity (Wildman–Crippen MR) is 138 cm³/mol. The largest absolute Gasteiger partial charge is 0.485 e. The number of carbonyl (C=O) groups is 1. The summed E-state index contributed by atoms with van der Waals surface area (Å²) in [6.07, 6.45) is 0. The molecule has 4 aromatic rings. The summed E-state index contributed by atoms with van der Waals surface area (Å²) in [4.78, 5) is 17.1. The molecule has 34 heavy (non-hydrogen) atoms. The molecule has 4 rings (SSSR count). The standard InChI is InChI=1S/C25H27N5O2S2/c1-5-30-22(13-32-21-8-6-7-17(3)18(21)4)28-29-25(30)34-15-23(31)27-24-26-20(14-33-24)19-11-9-16(2)10-12-19/h6-12,14H,5,13,15H2,1-4H3,(H,26,27,31). The highest BCUT2D eigenvalue weighted by Gasteiger charge is 2.15. The van der Waals surface area contributed by atoms with Gasteiger partial charge in [-0.05, 0) is 44.9 Å². The van der Waals surface area contributed by atoms with Crippen LogP contribution in [0.4, 0.5) is 5.13 Å². The molecule has 7 nitrogen and oxygen atoms in total. The van der Waals surface area contributed by atoms with Crippen LogP contribution >= 0.6 is 23.1 Å². The fourth-order valence-corrected chi connectivity index (χ4v) is 4.90. The van der Waals surface area contributed by atoms with E-state index in [1.165, 1.54) is 34.2 Å². The Morgan fingerprint density at radius 1 is 1.12 bits per heavy atom. The van der Waals surface area contributed by atoms with E-state index in [2.05, 4.69) is 52.5 Å². The number of ether oxygens (including phenoxy) is 1. The summed E-state index contributed by atoms with van der Waals surface area (Å²) in [5, 5.41) is 14.7. The zero-order valence-corrected chi connectivity index (χ0v) is 21.3. The Labute approximate surface area is 207 Å². The minimum absolute atomic E-state index is 0.131. The molecule has 2 heterocycles. The minimum atomic E-state index is -0.131. The molecular formula is C25H27N5O2S2. The van der Waals surface area contributed by atoms with Gasteiger partial charge in [-0.3, -0.25) is 4.79 Å². The van der Waals surface area contributed by atoms with Gasteiger partial charge in [-0.2, -0.15) is 0 Å². The number of aromatic nitrogens is 4. The molecule has 2 aromatic heterocycles. The number of carbonyl (C=O) groups excluding carboxylic acids is 1. The average Bonchev–Trinajstić information content (AvgIpc) is 3.45. The van der Waals surface area contributed by atoms with Crippen LogP contribution in [0.3, 0.4) is 0 Å². The molecule has 176 valence electrons. The normalized spacial score (nSPS) is 10.9. The second-order valence-corrected chi connectivity index (χ2v) is 9.67. The zero-order valence-electron chi connectivity index (χ0n) is 19.7. The van der Waals surface area contributed by atoms with E-state index in [0.29, 0.717) is 23.4 Å². The first-order chi connectivity index (χ1) is 16.4. The third kappa shape index (κ3) is 5.66. The summed E-state index contributed by atoms with van der Waals surface area (Å²) in [7, 11) is 0. The Hall–Kier alpha value is -3.17. The van der Waals surface area contributed by atoms with Crippen molar-refractivity contribution in [2.75, 3.05) is 11.1 Å². The number of nitrogens with one attached hydrogen (secondary N) is 1. The first-order valence-electron chi connectivity index (χ1n) is 11.0. The van der Waals surface area contributed by atoms with Crippen molar-refractivity contribution >= 4 is 34.1 Å². The number of hydrogen-bond donors (Lipinski definition) is 1. The molecule has 1 N–H and O–H groups in total. The summed E-state index contributed by atoms with van der Waals surface area (Å²) >= 11 is 2.77. The van der Waals surface area contributed by atoms with Crippen LogP contribution in [0.25, 0.3) is 11.3 Å². The van der Waals surface area contributed by atoms with Crippen molar-refractivity contribution in [1.82, 2.24) is 19.7 Å². The van der Waals surface area contributed by atoms with Gasteiger partial charge in [0, 0.05) is 17.5 Å². The van der Waals surface area contributed by atoms with Gasteiger partial charge in [0.15, 0.2) is 16.1 Å². The molecule has 0 radical (unpaired) electrons. The maximum absolute atomic E-state index is 12.5. The van der Waals surface area contributed by atoms with E-state index >= 15 is 0 Å². The number of benzene rings is 2. The molecule has 0 aliphatic carbocycles. The van der Waals surface area contributed by atoms with Crippen molar-refractivity contribution < 1.29 is 9.53 Å². The fraction of sp³-hybridized carbons (Fsp3) is 0.280. The van der Waals surface area contributed by atoms with Gasteiger partial charge in [-0.25, -0.2) is 4.98 Å². The molecule has 0 unspecified atom stereocenters. The molecule has 1 amide bonds. The van der Waals surface area contributed by atoms with E-state index in [4.69, 9.17) is 4.74 Å². The van der Waals surface area contributed by atoms with E-state index in [9.17, 15) is 4.79 Å². The van der Waals surface area contributed by atoms with Gasteiger partial charge in [0.1, 0.15) is 12.4 Å². The van der Waals surface area contributed by atoms with Crippen molar-refractivity contribution in [3.8, 4) is 17.0 Å². The maximum atomic E-state index is 12.5. The molecule has 0 saturated carbocycles. The number of rotatable bonds is 9. The molecule has 0 spiro atoms. The Bertz CT molecular complexity index is 1280. The summed E-state index contributed by atoms with van der Waals surface area (Å²) in [6, 6.07) is 14.2. The molecule has 0 atom stereocenters. The van der Waals surface area contributed by atoms with Gasteiger partial charge in [-0.1, -0.05) is 53.7 Å². The van der Waals surface area contributed by atoms with Gasteiger partial charge in [0.05, 0.1) is 11.4 Å². The predicted octanol–water partition coefficient (Wildman–Crippen LogP) is 5.66. The Kier molecular flexibility index (Phi) is 7.64. The molecule has 9 heteroatoms. The van der Waals surface area contributed by atoms with E-state index in [1.54, 1.807) is 0 Å². The van der Waals surface area contributed by atoms with Crippen LogP contribution in [-0.2, 0) is 17.9 Å². The Balaban J connectivity index is 1.33. The Morgan fingerprint density at radius 3 is 2.68 bits per heavy atom. The quantitative estimate of drug-likeness (QED) is 0.303. The summed E-state index contributed by atoms with van der Waals surface area (Å²) < 4.78 is 7.96. The van der Waals surface area contributed by atoms with Gasteiger partial charge in [-0.15, -0.1) is 21.5 Å². The second-order valence-electron chi connectivity index (χ2n) is 7.87. The van der Waals surface area contributed by atoms with Crippen LogP contribution in [0.15, 0.2) is 53.0 Å². The molecular weight excluding hydrogens is 466 g/mol. The van der Waals surface area contributed by atoms with E-state index in [-0.39, 0.29) is 11.7 Å². The number of hydrogen-bond acceptors (Lipinski definition) is 7. The fourth-order valence-electron chi connectivity index (χ4n) is 3.35.